The Morgan fingerprint density at radius 2 is 2.44 bits per heavy atom. The maximum atomic E-state index is 10.6. The van der Waals surface area contributed by atoms with Crippen LogP contribution in [0.15, 0.2) is 28.9 Å². The molecule has 0 aliphatic carbocycles. The van der Waals surface area contributed by atoms with Crippen LogP contribution in [0, 0.1) is 0 Å². The van der Waals surface area contributed by atoms with Gasteiger partial charge in [0, 0.05) is 12.6 Å². The molecule has 0 aromatic carbocycles. The molecule has 2 heterocycles. The smallest absolute Gasteiger partial charge is 0.371 e. The van der Waals surface area contributed by atoms with Crippen molar-refractivity contribution in [3.05, 3.63) is 30.3 Å². The molecule has 2 aromatic rings. The molecule has 0 saturated carbocycles. The summed E-state index contributed by atoms with van der Waals surface area (Å²) in [6.07, 6.45) is 3.23. The van der Waals surface area contributed by atoms with E-state index in [2.05, 4.69) is 5.10 Å². The Balaban J connectivity index is 2.11. The molecule has 2 rings (SSSR count). The Hall–Kier alpha value is -2.24. The van der Waals surface area contributed by atoms with Crippen molar-refractivity contribution >= 4 is 5.97 Å². The molecule has 0 saturated heterocycles. The molecule has 0 unspecified atom stereocenters. The van der Waals surface area contributed by atoms with E-state index in [-0.39, 0.29) is 11.7 Å². The lowest BCUT2D eigenvalue weighted by atomic mass is 10.5. The topological polar surface area (TPSA) is 77.5 Å². The van der Waals surface area contributed by atoms with E-state index in [9.17, 15) is 4.79 Å². The number of hydrogen-bond acceptors (Lipinski definition) is 4. The fourth-order valence-corrected chi connectivity index (χ4v) is 1.18. The van der Waals surface area contributed by atoms with Crippen molar-refractivity contribution in [2.24, 2.45) is 0 Å². The lowest BCUT2D eigenvalue weighted by Gasteiger charge is -1.96. The first-order valence-corrected chi connectivity index (χ1v) is 4.72. The van der Waals surface area contributed by atoms with Crippen LogP contribution in [-0.2, 0) is 6.54 Å². The van der Waals surface area contributed by atoms with Crippen molar-refractivity contribution in [2.75, 3.05) is 0 Å². The number of hydrogen-bond donors (Lipinski definition) is 1. The lowest BCUT2D eigenvalue weighted by Crippen LogP contribution is -1.92. The third kappa shape index (κ3) is 2.05. The molecular formula is C10H10N2O4. The SMILES string of the molecule is CCn1cc(Oc2ccc(C(=O)O)o2)cn1. The summed E-state index contributed by atoms with van der Waals surface area (Å²) in [5.74, 6) is -0.641. The van der Waals surface area contributed by atoms with E-state index in [1.54, 1.807) is 10.9 Å². The highest BCUT2D eigenvalue weighted by Crippen LogP contribution is 2.23. The van der Waals surface area contributed by atoms with E-state index < -0.39 is 5.97 Å². The first kappa shape index (κ1) is 10.3. The molecule has 2 aromatic heterocycles. The average Bonchev–Trinajstić information content (AvgIpc) is 2.87. The zero-order valence-electron chi connectivity index (χ0n) is 8.58. The van der Waals surface area contributed by atoms with Crippen LogP contribution in [0.4, 0.5) is 0 Å². The van der Waals surface area contributed by atoms with E-state index in [4.69, 9.17) is 14.3 Å². The molecule has 0 aliphatic heterocycles. The highest BCUT2D eigenvalue weighted by molar-refractivity contribution is 5.84. The summed E-state index contributed by atoms with van der Waals surface area (Å²) in [4.78, 5) is 10.6. The Labute approximate surface area is 91.1 Å². The molecule has 0 spiro atoms. The molecule has 0 atom stereocenters. The minimum Gasteiger partial charge on any atom is -0.475 e. The van der Waals surface area contributed by atoms with Crippen molar-refractivity contribution in [3.63, 3.8) is 0 Å². The first-order valence-electron chi connectivity index (χ1n) is 4.72. The van der Waals surface area contributed by atoms with Gasteiger partial charge in [0.25, 0.3) is 5.95 Å². The van der Waals surface area contributed by atoms with E-state index in [1.165, 1.54) is 18.3 Å². The lowest BCUT2D eigenvalue weighted by molar-refractivity contribution is 0.0657. The number of aromatic nitrogens is 2. The third-order valence-electron chi connectivity index (χ3n) is 1.94. The highest BCUT2D eigenvalue weighted by atomic mass is 16.6. The number of carbonyl (C=O) groups is 1. The van der Waals surface area contributed by atoms with Gasteiger partial charge in [0.05, 0.1) is 12.4 Å². The molecule has 0 amide bonds. The summed E-state index contributed by atoms with van der Waals surface area (Å²) < 4.78 is 11.9. The molecule has 6 heteroatoms. The number of rotatable bonds is 4. The van der Waals surface area contributed by atoms with Crippen LogP contribution in [0.25, 0.3) is 0 Å². The molecule has 0 bridgehead atoms. The Morgan fingerprint density at radius 1 is 1.62 bits per heavy atom. The second-order valence-corrected chi connectivity index (χ2v) is 3.06. The quantitative estimate of drug-likeness (QED) is 0.855. The minimum absolute atomic E-state index is 0.132. The zero-order chi connectivity index (χ0) is 11.5. The van der Waals surface area contributed by atoms with Gasteiger partial charge in [0.15, 0.2) is 5.75 Å². The highest BCUT2D eigenvalue weighted by Gasteiger charge is 2.10. The van der Waals surface area contributed by atoms with Gasteiger partial charge in [-0.15, -0.1) is 0 Å². The molecule has 84 valence electrons. The summed E-state index contributed by atoms with van der Waals surface area (Å²) >= 11 is 0. The van der Waals surface area contributed by atoms with Crippen LogP contribution < -0.4 is 4.74 Å². The van der Waals surface area contributed by atoms with Crippen LogP contribution >= 0.6 is 0 Å². The van der Waals surface area contributed by atoms with E-state index >= 15 is 0 Å². The van der Waals surface area contributed by atoms with Crippen LogP contribution in [-0.4, -0.2) is 20.9 Å². The standard InChI is InChI=1S/C10H10N2O4/c1-2-12-6-7(5-11-12)15-9-4-3-8(16-9)10(13)14/h3-6H,2H2,1H3,(H,13,14). The van der Waals surface area contributed by atoms with Crippen molar-refractivity contribution in [1.29, 1.82) is 0 Å². The summed E-state index contributed by atoms with van der Waals surface area (Å²) in [5.41, 5.74) is 0. The molecule has 16 heavy (non-hydrogen) atoms. The predicted octanol–water partition coefficient (Wildman–Crippen LogP) is 1.99. The van der Waals surface area contributed by atoms with Gasteiger partial charge >= 0.3 is 5.97 Å². The summed E-state index contributed by atoms with van der Waals surface area (Å²) in [5, 5.41) is 12.6. The fourth-order valence-electron chi connectivity index (χ4n) is 1.18. The first-order chi connectivity index (χ1) is 7.69. The maximum absolute atomic E-state index is 10.6. The monoisotopic (exact) mass is 222 g/mol. The molecule has 0 radical (unpaired) electrons. The normalized spacial score (nSPS) is 10.3. The molecule has 0 aliphatic rings. The van der Waals surface area contributed by atoms with E-state index in [0.29, 0.717) is 5.75 Å². The Morgan fingerprint density at radius 3 is 3.00 bits per heavy atom. The number of aryl methyl sites for hydroxylation is 1. The Bertz CT molecular complexity index is 500. The van der Waals surface area contributed by atoms with Gasteiger partial charge in [-0.3, -0.25) is 4.68 Å². The van der Waals surface area contributed by atoms with Crippen LogP contribution in [0.2, 0.25) is 0 Å². The summed E-state index contributed by atoms with van der Waals surface area (Å²) in [7, 11) is 0. The van der Waals surface area contributed by atoms with Crippen LogP contribution in [0.5, 0.6) is 11.7 Å². The Kier molecular flexibility index (Phi) is 2.63. The number of aromatic carboxylic acids is 1. The zero-order valence-corrected chi connectivity index (χ0v) is 8.58. The van der Waals surface area contributed by atoms with Gasteiger partial charge in [0.1, 0.15) is 0 Å². The van der Waals surface area contributed by atoms with Gasteiger partial charge in [-0.1, -0.05) is 0 Å². The van der Waals surface area contributed by atoms with Crippen molar-refractivity contribution in [1.82, 2.24) is 9.78 Å². The van der Waals surface area contributed by atoms with E-state index in [0.717, 1.165) is 6.54 Å². The minimum atomic E-state index is -1.13. The number of carboxylic acid groups (broad SMARTS) is 1. The van der Waals surface area contributed by atoms with E-state index in [1.807, 2.05) is 6.92 Å². The maximum Gasteiger partial charge on any atom is 0.371 e. The molecule has 1 N–H and O–H groups in total. The average molecular weight is 222 g/mol. The summed E-state index contributed by atoms with van der Waals surface area (Å²) in [6, 6.07) is 2.79. The van der Waals surface area contributed by atoms with Crippen LogP contribution in [0.3, 0.4) is 0 Å². The van der Waals surface area contributed by atoms with Gasteiger partial charge in [-0.2, -0.15) is 5.10 Å². The van der Waals surface area contributed by atoms with Crippen molar-refractivity contribution < 1.29 is 19.1 Å². The second-order valence-electron chi connectivity index (χ2n) is 3.06. The van der Waals surface area contributed by atoms with Gasteiger partial charge in [-0.05, 0) is 13.0 Å². The number of ether oxygens (including phenoxy) is 1. The van der Waals surface area contributed by atoms with Crippen molar-refractivity contribution in [3.8, 4) is 11.7 Å². The van der Waals surface area contributed by atoms with Crippen LogP contribution in [0.1, 0.15) is 17.5 Å². The van der Waals surface area contributed by atoms with Gasteiger partial charge in [0.2, 0.25) is 5.76 Å². The second kappa shape index (κ2) is 4.09. The number of nitrogens with zero attached hydrogens (tertiary/aromatic N) is 2. The summed E-state index contributed by atoms with van der Waals surface area (Å²) in [6.45, 7) is 2.69. The van der Waals surface area contributed by atoms with Gasteiger partial charge < -0.3 is 14.3 Å². The van der Waals surface area contributed by atoms with Crippen molar-refractivity contribution in [2.45, 2.75) is 13.5 Å². The predicted molar refractivity (Wildman–Crippen MR) is 53.6 cm³/mol. The number of furan rings is 1. The molecule has 6 nitrogen and oxygen atoms in total. The molecular weight excluding hydrogens is 212 g/mol. The number of carboxylic acids is 1. The molecule has 0 fully saturated rings. The largest absolute Gasteiger partial charge is 0.475 e. The third-order valence-corrected chi connectivity index (χ3v) is 1.94. The fraction of sp³-hybridized carbons (Fsp3) is 0.200. The van der Waals surface area contributed by atoms with Gasteiger partial charge in [-0.25, -0.2) is 4.79 Å².